The summed E-state index contributed by atoms with van der Waals surface area (Å²) in [6, 6.07) is 4.00. The molecule has 0 atom stereocenters. The lowest BCUT2D eigenvalue weighted by atomic mass is 10.2. The fraction of sp³-hybridized carbons (Fsp3) is 0.650. The van der Waals surface area contributed by atoms with E-state index in [1.165, 1.54) is 0 Å². The van der Waals surface area contributed by atoms with Gasteiger partial charge in [0, 0.05) is 58.8 Å². The number of aromatic nitrogens is 2. The Balaban J connectivity index is 1.13. The van der Waals surface area contributed by atoms with Gasteiger partial charge in [-0.05, 0) is 31.5 Å². The fourth-order valence-corrected chi connectivity index (χ4v) is 4.48. The molecule has 2 fully saturated rings. The van der Waals surface area contributed by atoms with Crippen molar-refractivity contribution in [3.05, 3.63) is 23.4 Å². The minimum absolute atomic E-state index is 0.282. The fourth-order valence-electron chi connectivity index (χ4n) is 3.83. The average molecular weight is 419 g/mol. The molecule has 0 spiro atoms. The number of carbonyl (C=O) groups excluding carboxylic acids is 1. The van der Waals surface area contributed by atoms with Crippen LogP contribution in [0.15, 0.2) is 22.0 Å². The van der Waals surface area contributed by atoms with Crippen LogP contribution in [0.5, 0.6) is 0 Å². The maximum Gasteiger partial charge on any atom is 0.236 e. The molecule has 0 unspecified atom stereocenters. The molecule has 158 valence electrons. The van der Waals surface area contributed by atoms with Crippen LogP contribution in [0, 0.1) is 0 Å². The normalized spacial score (nSPS) is 19.7. The second kappa shape index (κ2) is 9.80. The van der Waals surface area contributed by atoms with Gasteiger partial charge in [0.05, 0.1) is 11.4 Å². The molecule has 9 heteroatoms. The highest BCUT2D eigenvalue weighted by atomic mass is 32.1. The van der Waals surface area contributed by atoms with Crippen molar-refractivity contribution in [3.63, 3.8) is 0 Å². The smallest absolute Gasteiger partial charge is 0.236 e. The van der Waals surface area contributed by atoms with E-state index in [9.17, 15) is 4.79 Å². The molecule has 29 heavy (non-hydrogen) atoms. The maximum atomic E-state index is 12.5. The highest BCUT2D eigenvalue weighted by Gasteiger charge is 2.23. The van der Waals surface area contributed by atoms with Crippen LogP contribution >= 0.6 is 11.3 Å². The van der Waals surface area contributed by atoms with Crippen LogP contribution in [0.25, 0.3) is 10.7 Å². The van der Waals surface area contributed by atoms with E-state index in [0.29, 0.717) is 18.3 Å². The summed E-state index contributed by atoms with van der Waals surface area (Å²) < 4.78 is 5.38. The zero-order chi connectivity index (χ0) is 20.1. The van der Waals surface area contributed by atoms with Crippen LogP contribution in [0.3, 0.4) is 0 Å². The summed E-state index contributed by atoms with van der Waals surface area (Å²) in [7, 11) is 2.11. The molecule has 4 heterocycles. The zero-order valence-electron chi connectivity index (χ0n) is 17.1. The lowest BCUT2D eigenvalue weighted by Crippen LogP contribution is -2.53. The second-order valence-corrected chi connectivity index (χ2v) is 8.84. The van der Waals surface area contributed by atoms with Crippen LogP contribution in [0.1, 0.15) is 12.3 Å². The number of likely N-dealkylation sites (N-methyl/N-ethyl adjacent to an activating group) is 1. The number of carbonyl (C=O) groups is 1. The highest BCUT2D eigenvalue weighted by molar-refractivity contribution is 7.13. The molecule has 2 aromatic heterocycles. The van der Waals surface area contributed by atoms with Gasteiger partial charge >= 0.3 is 0 Å². The van der Waals surface area contributed by atoms with E-state index < -0.39 is 0 Å². The first-order chi connectivity index (χ1) is 14.2. The average Bonchev–Trinajstić information content (AvgIpc) is 3.41. The predicted molar refractivity (Wildman–Crippen MR) is 113 cm³/mol. The Morgan fingerprint density at radius 1 is 1.10 bits per heavy atom. The van der Waals surface area contributed by atoms with Crippen LogP contribution in [0.2, 0.25) is 0 Å². The van der Waals surface area contributed by atoms with E-state index in [1.807, 2.05) is 22.4 Å². The van der Waals surface area contributed by atoms with E-state index in [4.69, 9.17) is 4.52 Å². The maximum absolute atomic E-state index is 12.5. The first kappa shape index (κ1) is 20.5. The van der Waals surface area contributed by atoms with E-state index in [0.717, 1.165) is 76.6 Å². The lowest BCUT2D eigenvalue weighted by molar-refractivity contribution is -0.134. The number of thiophene rings is 1. The van der Waals surface area contributed by atoms with Crippen molar-refractivity contribution >= 4 is 17.2 Å². The molecule has 0 aromatic carbocycles. The first-order valence-corrected chi connectivity index (χ1v) is 11.3. The Morgan fingerprint density at radius 3 is 2.59 bits per heavy atom. The molecular formula is C20H30N6O2S. The Hall–Kier alpha value is -1.81. The zero-order valence-corrected chi connectivity index (χ0v) is 17.9. The molecule has 2 saturated heterocycles. The van der Waals surface area contributed by atoms with Gasteiger partial charge in [-0.2, -0.15) is 4.98 Å². The Labute approximate surface area is 176 Å². The minimum Gasteiger partial charge on any atom is -0.339 e. The van der Waals surface area contributed by atoms with E-state index in [-0.39, 0.29) is 5.91 Å². The summed E-state index contributed by atoms with van der Waals surface area (Å²) in [5, 5.41) is 6.09. The first-order valence-electron chi connectivity index (χ1n) is 10.4. The number of rotatable bonds is 7. The van der Waals surface area contributed by atoms with Crippen LogP contribution in [-0.2, 0) is 11.2 Å². The number of hydrogen-bond acceptors (Lipinski definition) is 8. The third-order valence-corrected chi connectivity index (χ3v) is 6.62. The number of piperazine rings is 2. The molecule has 4 rings (SSSR count). The van der Waals surface area contributed by atoms with Gasteiger partial charge in [-0.1, -0.05) is 11.2 Å². The van der Waals surface area contributed by atoms with Crippen LogP contribution < -0.4 is 0 Å². The number of nitrogens with zero attached hydrogens (tertiary/aromatic N) is 6. The standard InChI is InChI=1S/C20H30N6O2S/c1-23-7-13-26(14-8-23)19(27)16-25-11-9-24(10-12-25)6-2-5-18-21-20(22-28-18)17-4-3-15-29-17/h3-4,15H,2,5-14,16H2,1H3. The van der Waals surface area contributed by atoms with Crippen molar-refractivity contribution in [1.82, 2.24) is 29.7 Å². The molecule has 0 aliphatic carbocycles. The van der Waals surface area contributed by atoms with Gasteiger partial charge in [0.2, 0.25) is 17.6 Å². The summed E-state index contributed by atoms with van der Waals surface area (Å²) in [6.45, 7) is 9.22. The van der Waals surface area contributed by atoms with Gasteiger partial charge in [-0.25, -0.2) is 0 Å². The van der Waals surface area contributed by atoms with Crippen LogP contribution in [0.4, 0.5) is 0 Å². The van der Waals surface area contributed by atoms with Crippen molar-refractivity contribution in [3.8, 4) is 10.7 Å². The Kier molecular flexibility index (Phi) is 6.91. The monoisotopic (exact) mass is 418 g/mol. The lowest BCUT2D eigenvalue weighted by Gasteiger charge is -2.37. The SMILES string of the molecule is CN1CCN(C(=O)CN2CCN(CCCc3nc(-c4cccs4)no3)CC2)CC1. The quantitative estimate of drug-likeness (QED) is 0.667. The number of hydrogen-bond donors (Lipinski definition) is 0. The van der Waals surface area contributed by atoms with Gasteiger partial charge in [0.25, 0.3) is 0 Å². The number of amides is 1. The molecule has 2 aromatic rings. The summed E-state index contributed by atoms with van der Waals surface area (Å²) in [5.74, 6) is 1.68. The van der Waals surface area contributed by atoms with Gasteiger partial charge in [-0.15, -0.1) is 11.3 Å². The predicted octanol–water partition coefficient (Wildman–Crippen LogP) is 1.12. The van der Waals surface area contributed by atoms with Crippen molar-refractivity contribution in [2.24, 2.45) is 0 Å². The summed E-state index contributed by atoms with van der Waals surface area (Å²) in [6.07, 6.45) is 1.81. The molecule has 0 saturated carbocycles. The van der Waals surface area contributed by atoms with Crippen molar-refractivity contribution < 1.29 is 9.32 Å². The highest BCUT2D eigenvalue weighted by Crippen LogP contribution is 2.21. The van der Waals surface area contributed by atoms with E-state index in [2.05, 4.69) is 31.9 Å². The molecule has 8 nitrogen and oxygen atoms in total. The topological polar surface area (TPSA) is 69.0 Å². The molecule has 0 bridgehead atoms. The summed E-state index contributed by atoms with van der Waals surface area (Å²) in [4.78, 5) is 27.1. The van der Waals surface area contributed by atoms with Crippen molar-refractivity contribution in [1.29, 1.82) is 0 Å². The molecule has 2 aliphatic rings. The third kappa shape index (κ3) is 5.63. The summed E-state index contributed by atoms with van der Waals surface area (Å²) >= 11 is 1.62. The number of aryl methyl sites for hydroxylation is 1. The molecule has 0 N–H and O–H groups in total. The molecule has 0 radical (unpaired) electrons. The molecule has 1 amide bonds. The molecular weight excluding hydrogens is 388 g/mol. The van der Waals surface area contributed by atoms with Gasteiger partial charge in [0.1, 0.15) is 0 Å². The van der Waals surface area contributed by atoms with Crippen molar-refractivity contribution in [2.45, 2.75) is 12.8 Å². The van der Waals surface area contributed by atoms with Crippen LogP contribution in [-0.4, -0.2) is 108 Å². The van der Waals surface area contributed by atoms with E-state index in [1.54, 1.807) is 11.3 Å². The second-order valence-electron chi connectivity index (χ2n) is 7.89. The van der Waals surface area contributed by atoms with Crippen molar-refractivity contribution in [2.75, 3.05) is 72.5 Å². The van der Waals surface area contributed by atoms with Gasteiger partial charge in [0.15, 0.2) is 0 Å². The Morgan fingerprint density at radius 2 is 1.86 bits per heavy atom. The van der Waals surface area contributed by atoms with Gasteiger partial charge < -0.3 is 19.2 Å². The Bertz CT molecular complexity index is 764. The molecule has 2 aliphatic heterocycles. The summed E-state index contributed by atoms with van der Waals surface area (Å²) in [5.41, 5.74) is 0. The van der Waals surface area contributed by atoms with Gasteiger partial charge in [-0.3, -0.25) is 9.69 Å². The largest absolute Gasteiger partial charge is 0.339 e. The minimum atomic E-state index is 0.282. The van der Waals surface area contributed by atoms with E-state index >= 15 is 0 Å². The third-order valence-electron chi connectivity index (χ3n) is 5.75.